The van der Waals surface area contributed by atoms with E-state index in [2.05, 4.69) is 15.5 Å². The van der Waals surface area contributed by atoms with Gasteiger partial charge >= 0.3 is 0 Å². The molecule has 0 aliphatic carbocycles. The molecule has 0 aromatic heterocycles. The van der Waals surface area contributed by atoms with E-state index in [1.807, 2.05) is 66.7 Å². The normalized spacial score (nSPS) is 15.6. The van der Waals surface area contributed by atoms with Gasteiger partial charge in [0.15, 0.2) is 0 Å². The van der Waals surface area contributed by atoms with E-state index in [1.165, 1.54) is 0 Å². The van der Waals surface area contributed by atoms with Crippen LogP contribution in [-0.4, -0.2) is 42.4 Å². The maximum atomic E-state index is 12.1. The summed E-state index contributed by atoms with van der Waals surface area (Å²) in [5.74, 6) is -0.0754. The molecule has 1 saturated heterocycles. The smallest absolute Gasteiger partial charge is 0.244 e. The number of hydrogen-bond donors (Lipinski definition) is 2. The van der Waals surface area contributed by atoms with Crippen molar-refractivity contribution in [3.8, 4) is 0 Å². The Morgan fingerprint density at radius 1 is 0.963 bits per heavy atom. The maximum Gasteiger partial charge on any atom is 0.244 e. The van der Waals surface area contributed by atoms with Gasteiger partial charge in [0.25, 0.3) is 0 Å². The van der Waals surface area contributed by atoms with E-state index in [0.29, 0.717) is 6.54 Å². The Morgan fingerprint density at radius 2 is 1.59 bits per heavy atom. The van der Waals surface area contributed by atoms with Crippen LogP contribution in [-0.2, 0) is 9.59 Å². The van der Waals surface area contributed by atoms with E-state index in [0.717, 1.165) is 37.2 Å². The van der Waals surface area contributed by atoms with Crippen molar-refractivity contribution in [3.63, 3.8) is 0 Å². The zero-order valence-electron chi connectivity index (χ0n) is 15.3. The van der Waals surface area contributed by atoms with Gasteiger partial charge in [0.05, 0.1) is 6.54 Å². The van der Waals surface area contributed by atoms with Gasteiger partial charge in [-0.3, -0.25) is 14.5 Å². The summed E-state index contributed by atoms with van der Waals surface area (Å²) in [7, 11) is 0. The molecule has 5 heteroatoms. The van der Waals surface area contributed by atoms with Crippen LogP contribution in [0.25, 0.3) is 6.08 Å². The molecule has 2 N–H and O–H groups in total. The summed E-state index contributed by atoms with van der Waals surface area (Å²) in [5.41, 5.74) is 1.82. The Bertz CT molecular complexity index is 767. The highest BCUT2D eigenvalue weighted by molar-refractivity contribution is 5.92. The van der Waals surface area contributed by atoms with Crippen LogP contribution in [0.2, 0.25) is 0 Å². The lowest BCUT2D eigenvalue weighted by Gasteiger charge is -2.31. The minimum atomic E-state index is -0.0703. The van der Waals surface area contributed by atoms with E-state index in [9.17, 15) is 9.59 Å². The Hall–Kier alpha value is -2.92. The van der Waals surface area contributed by atoms with Crippen molar-refractivity contribution >= 4 is 23.6 Å². The molecule has 1 aliphatic rings. The highest BCUT2D eigenvalue weighted by Gasteiger charge is 2.21. The van der Waals surface area contributed by atoms with Gasteiger partial charge in [-0.15, -0.1) is 0 Å². The minimum absolute atomic E-state index is 0.00511. The summed E-state index contributed by atoms with van der Waals surface area (Å²) in [4.78, 5) is 26.3. The topological polar surface area (TPSA) is 61.4 Å². The lowest BCUT2D eigenvalue weighted by atomic mass is 10.0. The summed E-state index contributed by atoms with van der Waals surface area (Å²) >= 11 is 0. The number of nitrogens with zero attached hydrogens (tertiary/aromatic N) is 1. The molecule has 2 aromatic rings. The molecule has 2 amide bonds. The third-order valence-electron chi connectivity index (χ3n) is 4.59. The number of nitrogens with one attached hydrogen (secondary N) is 2. The van der Waals surface area contributed by atoms with Crippen molar-refractivity contribution < 1.29 is 9.59 Å². The molecular weight excluding hydrogens is 338 g/mol. The first-order valence-corrected chi connectivity index (χ1v) is 9.30. The number of rotatable bonds is 6. The zero-order chi connectivity index (χ0) is 18.9. The standard InChI is InChI=1S/C22H25N3O2/c26-21(12-11-18-7-3-1-4-8-18)23-20-13-15-25(16-14-20)17-22(27)24-19-9-5-2-6-10-19/h1-12,20H,13-17H2,(H,23,26)(H,24,27)/b12-11+. The molecule has 0 saturated carbocycles. The zero-order valence-corrected chi connectivity index (χ0v) is 15.3. The molecule has 27 heavy (non-hydrogen) atoms. The maximum absolute atomic E-state index is 12.1. The van der Waals surface area contributed by atoms with Gasteiger partial charge in [-0.05, 0) is 36.6 Å². The first kappa shape index (κ1) is 18.9. The van der Waals surface area contributed by atoms with Crippen LogP contribution in [0.1, 0.15) is 18.4 Å². The van der Waals surface area contributed by atoms with Gasteiger partial charge in [-0.25, -0.2) is 0 Å². The summed E-state index contributed by atoms with van der Waals surface area (Å²) in [5, 5.41) is 5.96. The van der Waals surface area contributed by atoms with Gasteiger partial charge in [0, 0.05) is 30.9 Å². The van der Waals surface area contributed by atoms with E-state index >= 15 is 0 Å². The van der Waals surface area contributed by atoms with E-state index in [-0.39, 0.29) is 17.9 Å². The molecule has 3 rings (SSSR count). The fourth-order valence-corrected chi connectivity index (χ4v) is 3.15. The van der Waals surface area contributed by atoms with Crippen molar-refractivity contribution in [2.75, 3.05) is 25.0 Å². The lowest BCUT2D eigenvalue weighted by Crippen LogP contribution is -2.46. The van der Waals surface area contributed by atoms with Crippen molar-refractivity contribution in [1.29, 1.82) is 0 Å². The number of likely N-dealkylation sites (tertiary alicyclic amines) is 1. The van der Waals surface area contributed by atoms with Crippen LogP contribution in [0.15, 0.2) is 66.7 Å². The molecule has 0 spiro atoms. The second-order valence-electron chi connectivity index (χ2n) is 6.72. The third-order valence-corrected chi connectivity index (χ3v) is 4.59. The molecule has 1 fully saturated rings. The summed E-state index contributed by atoms with van der Waals surface area (Å²) in [6.07, 6.45) is 5.10. The van der Waals surface area contributed by atoms with E-state index in [1.54, 1.807) is 6.08 Å². The molecule has 1 heterocycles. The average Bonchev–Trinajstić information content (AvgIpc) is 2.69. The Labute approximate surface area is 160 Å². The molecular formula is C22H25N3O2. The Balaban J connectivity index is 1.38. The summed E-state index contributed by atoms with van der Waals surface area (Å²) in [6, 6.07) is 19.4. The fraction of sp³-hybridized carbons (Fsp3) is 0.273. The molecule has 5 nitrogen and oxygen atoms in total. The first-order chi connectivity index (χ1) is 13.2. The monoisotopic (exact) mass is 363 g/mol. The van der Waals surface area contributed by atoms with Crippen LogP contribution in [0, 0.1) is 0 Å². The molecule has 140 valence electrons. The Morgan fingerprint density at radius 3 is 2.26 bits per heavy atom. The number of amides is 2. The Kier molecular flexibility index (Phi) is 6.77. The number of hydrogen-bond acceptors (Lipinski definition) is 3. The average molecular weight is 363 g/mol. The highest BCUT2D eigenvalue weighted by Crippen LogP contribution is 2.11. The molecule has 1 aliphatic heterocycles. The van der Waals surface area contributed by atoms with E-state index in [4.69, 9.17) is 0 Å². The van der Waals surface area contributed by atoms with Crippen LogP contribution >= 0.6 is 0 Å². The molecule has 0 bridgehead atoms. The quantitative estimate of drug-likeness (QED) is 0.776. The molecule has 0 atom stereocenters. The summed E-state index contributed by atoms with van der Waals surface area (Å²) < 4.78 is 0. The predicted octanol–water partition coefficient (Wildman–Crippen LogP) is 2.92. The number of carbonyl (C=O) groups excluding carboxylic acids is 2. The van der Waals surface area contributed by atoms with Crippen molar-refractivity contribution in [2.45, 2.75) is 18.9 Å². The molecule has 0 radical (unpaired) electrons. The van der Waals surface area contributed by atoms with Gasteiger partial charge in [-0.2, -0.15) is 0 Å². The van der Waals surface area contributed by atoms with Gasteiger partial charge in [0.2, 0.25) is 11.8 Å². The van der Waals surface area contributed by atoms with Crippen molar-refractivity contribution in [1.82, 2.24) is 10.2 Å². The second kappa shape index (κ2) is 9.69. The number of anilines is 1. The number of piperidine rings is 1. The van der Waals surface area contributed by atoms with Crippen LogP contribution in [0.5, 0.6) is 0 Å². The van der Waals surface area contributed by atoms with Crippen LogP contribution in [0.4, 0.5) is 5.69 Å². The largest absolute Gasteiger partial charge is 0.350 e. The second-order valence-corrected chi connectivity index (χ2v) is 6.72. The number of carbonyl (C=O) groups is 2. The molecule has 0 unspecified atom stereocenters. The van der Waals surface area contributed by atoms with E-state index < -0.39 is 0 Å². The van der Waals surface area contributed by atoms with Crippen molar-refractivity contribution in [2.24, 2.45) is 0 Å². The SMILES string of the molecule is O=C(/C=C/c1ccccc1)NC1CCN(CC(=O)Nc2ccccc2)CC1. The van der Waals surface area contributed by atoms with Gasteiger partial charge in [-0.1, -0.05) is 48.5 Å². The van der Waals surface area contributed by atoms with Gasteiger partial charge < -0.3 is 10.6 Å². The van der Waals surface area contributed by atoms with Gasteiger partial charge in [0.1, 0.15) is 0 Å². The first-order valence-electron chi connectivity index (χ1n) is 9.30. The number of para-hydroxylation sites is 1. The fourth-order valence-electron chi connectivity index (χ4n) is 3.15. The number of benzene rings is 2. The predicted molar refractivity (Wildman–Crippen MR) is 108 cm³/mol. The highest BCUT2D eigenvalue weighted by atomic mass is 16.2. The lowest BCUT2D eigenvalue weighted by molar-refractivity contribution is -0.119. The van der Waals surface area contributed by atoms with Crippen LogP contribution in [0.3, 0.4) is 0 Å². The van der Waals surface area contributed by atoms with Crippen molar-refractivity contribution in [3.05, 3.63) is 72.3 Å². The molecule has 2 aromatic carbocycles. The van der Waals surface area contributed by atoms with Crippen LogP contribution < -0.4 is 10.6 Å². The summed E-state index contributed by atoms with van der Waals surface area (Å²) in [6.45, 7) is 1.98. The third kappa shape index (κ3) is 6.38. The minimum Gasteiger partial charge on any atom is -0.350 e.